The number of carboxylic acids is 1. The van der Waals surface area contributed by atoms with Crippen LogP contribution in [0.15, 0.2) is 0 Å². The first kappa shape index (κ1) is 9.48. The topological polar surface area (TPSA) is 60.8 Å². The lowest BCUT2D eigenvalue weighted by atomic mass is 10.2. The Morgan fingerprint density at radius 3 is 2.83 bits per heavy atom. The molecule has 2 N–H and O–H groups in total. The van der Waals surface area contributed by atoms with Gasteiger partial charge in [0.2, 0.25) is 0 Å². The highest BCUT2D eigenvalue weighted by atomic mass is 16.4. The van der Waals surface area contributed by atoms with Crippen molar-refractivity contribution >= 4 is 5.97 Å². The molecule has 1 rings (SSSR count). The molecule has 0 aromatic heterocycles. The molecule has 0 aromatic rings. The maximum atomic E-state index is 10.7. The smallest absolute Gasteiger partial charge is 0.321 e. The standard InChI is InChI=1S/C8H15NO3/c1-2-3-9-5-6(10)4-7(9)8(11)12/h6-7,10H,2-5H2,1H3,(H,11,12). The van der Waals surface area contributed by atoms with E-state index in [-0.39, 0.29) is 0 Å². The molecule has 0 aliphatic carbocycles. The van der Waals surface area contributed by atoms with Crippen LogP contribution in [0, 0.1) is 0 Å². The van der Waals surface area contributed by atoms with Crippen LogP contribution in [-0.2, 0) is 4.79 Å². The Labute approximate surface area is 71.8 Å². The first-order chi connectivity index (χ1) is 5.65. The van der Waals surface area contributed by atoms with Gasteiger partial charge in [-0.15, -0.1) is 0 Å². The van der Waals surface area contributed by atoms with E-state index in [9.17, 15) is 9.90 Å². The number of carboxylic acid groups (broad SMARTS) is 1. The molecule has 0 bridgehead atoms. The number of likely N-dealkylation sites (tertiary alicyclic amines) is 1. The number of carbonyl (C=O) groups is 1. The van der Waals surface area contributed by atoms with E-state index < -0.39 is 18.1 Å². The van der Waals surface area contributed by atoms with E-state index in [0.717, 1.165) is 13.0 Å². The van der Waals surface area contributed by atoms with E-state index in [1.807, 2.05) is 11.8 Å². The van der Waals surface area contributed by atoms with Crippen LogP contribution in [0.3, 0.4) is 0 Å². The third kappa shape index (κ3) is 1.95. The molecular formula is C8H15NO3. The number of aliphatic carboxylic acids is 1. The third-order valence-corrected chi connectivity index (χ3v) is 2.18. The zero-order valence-electron chi connectivity index (χ0n) is 7.23. The average Bonchev–Trinajstić information content (AvgIpc) is 2.32. The van der Waals surface area contributed by atoms with Crippen LogP contribution in [0.4, 0.5) is 0 Å². The highest BCUT2D eigenvalue weighted by Gasteiger charge is 2.34. The Morgan fingerprint density at radius 2 is 2.33 bits per heavy atom. The Balaban J connectivity index is 2.53. The highest BCUT2D eigenvalue weighted by molar-refractivity contribution is 5.74. The predicted molar refractivity (Wildman–Crippen MR) is 43.9 cm³/mol. The molecule has 1 aliphatic heterocycles. The van der Waals surface area contributed by atoms with Gasteiger partial charge in [0.05, 0.1) is 6.10 Å². The molecule has 4 heteroatoms. The van der Waals surface area contributed by atoms with Gasteiger partial charge < -0.3 is 10.2 Å². The second kappa shape index (κ2) is 3.87. The van der Waals surface area contributed by atoms with Crippen molar-refractivity contribution in [3.05, 3.63) is 0 Å². The fourth-order valence-electron chi connectivity index (χ4n) is 1.67. The second-order valence-corrected chi connectivity index (χ2v) is 3.24. The van der Waals surface area contributed by atoms with Crippen LogP contribution >= 0.6 is 0 Å². The molecule has 0 radical (unpaired) electrons. The van der Waals surface area contributed by atoms with Crippen LogP contribution in [0.25, 0.3) is 0 Å². The van der Waals surface area contributed by atoms with Gasteiger partial charge in [0, 0.05) is 13.0 Å². The maximum absolute atomic E-state index is 10.7. The lowest BCUT2D eigenvalue weighted by Gasteiger charge is -2.19. The summed E-state index contributed by atoms with van der Waals surface area (Å²) >= 11 is 0. The van der Waals surface area contributed by atoms with Crippen molar-refractivity contribution in [3.8, 4) is 0 Å². The number of nitrogens with zero attached hydrogens (tertiary/aromatic N) is 1. The van der Waals surface area contributed by atoms with Gasteiger partial charge in [-0.05, 0) is 13.0 Å². The van der Waals surface area contributed by atoms with Gasteiger partial charge >= 0.3 is 5.97 Å². The van der Waals surface area contributed by atoms with Gasteiger partial charge in [-0.2, -0.15) is 0 Å². The molecule has 70 valence electrons. The summed E-state index contributed by atoms with van der Waals surface area (Å²) in [6, 6.07) is -0.472. The summed E-state index contributed by atoms with van der Waals surface area (Å²) in [6.07, 6.45) is 0.837. The van der Waals surface area contributed by atoms with Crippen LogP contribution in [0.5, 0.6) is 0 Å². The van der Waals surface area contributed by atoms with Crippen molar-refractivity contribution in [2.24, 2.45) is 0 Å². The van der Waals surface area contributed by atoms with E-state index in [4.69, 9.17) is 5.11 Å². The molecule has 1 heterocycles. The minimum Gasteiger partial charge on any atom is -0.480 e. The molecule has 1 saturated heterocycles. The van der Waals surface area contributed by atoms with Crippen molar-refractivity contribution in [1.82, 2.24) is 4.90 Å². The van der Waals surface area contributed by atoms with E-state index in [1.54, 1.807) is 0 Å². The van der Waals surface area contributed by atoms with Gasteiger partial charge in [-0.1, -0.05) is 6.92 Å². The van der Waals surface area contributed by atoms with Crippen LogP contribution in [0.2, 0.25) is 0 Å². The molecule has 0 aromatic carbocycles. The van der Waals surface area contributed by atoms with Gasteiger partial charge in [-0.25, -0.2) is 0 Å². The number of aliphatic hydroxyl groups excluding tert-OH is 1. The summed E-state index contributed by atoms with van der Waals surface area (Å²) < 4.78 is 0. The van der Waals surface area contributed by atoms with E-state index >= 15 is 0 Å². The minimum atomic E-state index is -0.819. The van der Waals surface area contributed by atoms with Crippen molar-refractivity contribution < 1.29 is 15.0 Å². The summed E-state index contributed by atoms with van der Waals surface area (Å²) in [5, 5.41) is 18.0. The molecule has 2 atom stereocenters. The van der Waals surface area contributed by atoms with E-state index in [0.29, 0.717) is 13.0 Å². The fourth-order valence-corrected chi connectivity index (χ4v) is 1.67. The minimum absolute atomic E-state index is 0.370. The van der Waals surface area contributed by atoms with Gasteiger partial charge in [0.15, 0.2) is 0 Å². The summed E-state index contributed by atoms with van der Waals surface area (Å²) in [5.74, 6) is -0.819. The van der Waals surface area contributed by atoms with Gasteiger partial charge in [0.25, 0.3) is 0 Å². The molecule has 0 amide bonds. The zero-order chi connectivity index (χ0) is 9.14. The molecular weight excluding hydrogens is 158 g/mol. The van der Waals surface area contributed by atoms with E-state index in [2.05, 4.69) is 0 Å². The van der Waals surface area contributed by atoms with Crippen molar-refractivity contribution in [3.63, 3.8) is 0 Å². The maximum Gasteiger partial charge on any atom is 0.321 e. The lowest BCUT2D eigenvalue weighted by molar-refractivity contribution is -0.142. The predicted octanol–water partition coefficient (Wildman–Crippen LogP) is -0.0838. The molecule has 0 saturated carbocycles. The summed E-state index contributed by atoms with van der Waals surface area (Å²) in [6.45, 7) is 3.27. The third-order valence-electron chi connectivity index (χ3n) is 2.18. The quantitative estimate of drug-likeness (QED) is 0.626. The van der Waals surface area contributed by atoms with Crippen molar-refractivity contribution in [2.45, 2.75) is 31.9 Å². The monoisotopic (exact) mass is 173 g/mol. The largest absolute Gasteiger partial charge is 0.480 e. The number of rotatable bonds is 3. The summed E-state index contributed by atoms with van der Waals surface area (Å²) in [7, 11) is 0. The van der Waals surface area contributed by atoms with E-state index in [1.165, 1.54) is 0 Å². The average molecular weight is 173 g/mol. The Morgan fingerprint density at radius 1 is 1.67 bits per heavy atom. The first-order valence-corrected chi connectivity index (χ1v) is 4.30. The summed E-state index contributed by atoms with van der Waals surface area (Å²) in [5.41, 5.74) is 0. The Hall–Kier alpha value is -0.610. The van der Waals surface area contributed by atoms with Crippen molar-refractivity contribution in [1.29, 1.82) is 0 Å². The SMILES string of the molecule is CCCN1CC(O)CC1C(=O)O. The Kier molecular flexibility index (Phi) is 3.05. The zero-order valence-corrected chi connectivity index (χ0v) is 7.23. The molecule has 1 aliphatic rings. The lowest BCUT2D eigenvalue weighted by Crippen LogP contribution is -2.36. The number of β-amino-alcohol motifs (C(OH)–C–C–N with tert-alkyl or cyclic N) is 1. The molecule has 4 nitrogen and oxygen atoms in total. The van der Waals surface area contributed by atoms with Crippen molar-refractivity contribution in [2.75, 3.05) is 13.1 Å². The van der Waals surface area contributed by atoms with Crippen LogP contribution in [0.1, 0.15) is 19.8 Å². The summed E-state index contributed by atoms with van der Waals surface area (Å²) in [4.78, 5) is 12.5. The van der Waals surface area contributed by atoms with Crippen LogP contribution < -0.4 is 0 Å². The number of aliphatic hydroxyl groups is 1. The highest BCUT2D eigenvalue weighted by Crippen LogP contribution is 2.17. The second-order valence-electron chi connectivity index (χ2n) is 3.24. The molecule has 12 heavy (non-hydrogen) atoms. The fraction of sp³-hybridized carbons (Fsp3) is 0.875. The number of hydrogen-bond acceptors (Lipinski definition) is 3. The first-order valence-electron chi connectivity index (χ1n) is 4.30. The number of hydrogen-bond donors (Lipinski definition) is 2. The molecule has 2 unspecified atom stereocenters. The van der Waals surface area contributed by atoms with Gasteiger partial charge in [0.1, 0.15) is 6.04 Å². The Bertz CT molecular complexity index is 172. The molecule has 0 spiro atoms. The normalized spacial score (nSPS) is 30.8. The molecule has 1 fully saturated rings. The van der Waals surface area contributed by atoms with Crippen LogP contribution in [-0.4, -0.2) is 46.3 Å². The van der Waals surface area contributed by atoms with Gasteiger partial charge in [-0.3, -0.25) is 9.69 Å².